The van der Waals surface area contributed by atoms with Crippen molar-refractivity contribution in [1.29, 1.82) is 0 Å². The molecule has 3 nitrogen and oxygen atoms in total. The van der Waals surface area contributed by atoms with Crippen molar-refractivity contribution < 1.29 is 4.74 Å². The second kappa shape index (κ2) is 6.70. The molecule has 0 amide bonds. The second-order valence-electron chi connectivity index (χ2n) is 6.08. The Morgan fingerprint density at radius 3 is 3.10 bits per heavy atom. The maximum absolute atomic E-state index is 5.92. The summed E-state index contributed by atoms with van der Waals surface area (Å²) in [4.78, 5) is 2.55. The Hall–Kier alpha value is -0.900. The number of hydrogen-bond acceptors (Lipinski definition) is 3. The van der Waals surface area contributed by atoms with E-state index in [1.807, 2.05) is 0 Å². The Bertz CT molecular complexity index is 447. The monoisotopic (exact) mass is 274 g/mol. The Morgan fingerprint density at radius 2 is 2.20 bits per heavy atom. The summed E-state index contributed by atoms with van der Waals surface area (Å²) in [6.07, 6.45) is 4.06. The molecular weight excluding hydrogens is 248 g/mol. The zero-order valence-corrected chi connectivity index (χ0v) is 12.5. The number of nitrogens with one attached hydrogen (secondary N) is 1. The van der Waals surface area contributed by atoms with Crippen molar-refractivity contribution in [2.45, 2.75) is 51.9 Å². The Morgan fingerprint density at radius 1 is 1.30 bits per heavy atom. The van der Waals surface area contributed by atoms with Gasteiger partial charge >= 0.3 is 0 Å². The van der Waals surface area contributed by atoms with Crippen molar-refractivity contribution in [1.82, 2.24) is 10.2 Å². The molecule has 0 saturated carbocycles. The molecule has 1 unspecified atom stereocenters. The Kier molecular flexibility index (Phi) is 4.71. The normalized spacial score (nSPS) is 22.9. The van der Waals surface area contributed by atoms with E-state index in [2.05, 4.69) is 35.3 Å². The smallest absolute Gasteiger partial charge is 0.0702 e. The molecule has 0 spiro atoms. The molecule has 0 aromatic heterocycles. The molecule has 20 heavy (non-hydrogen) atoms. The van der Waals surface area contributed by atoms with Crippen LogP contribution in [0.25, 0.3) is 0 Å². The minimum absolute atomic E-state index is 0.444. The first-order valence-electron chi connectivity index (χ1n) is 8.00. The number of rotatable bonds is 5. The molecule has 0 radical (unpaired) electrons. The van der Waals surface area contributed by atoms with Crippen LogP contribution < -0.4 is 5.32 Å². The molecule has 1 aromatic rings. The standard InChI is InChI=1S/C17H26N2O/c1-2-8-20-17-4-3-7-19(13-17)12-14-5-6-15-10-18-11-16(15)9-14/h5-6,9,17-18H,2-4,7-8,10-13H2,1H3. The minimum Gasteiger partial charge on any atom is -0.377 e. The fourth-order valence-electron chi connectivity index (χ4n) is 3.28. The lowest BCUT2D eigenvalue weighted by molar-refractivity contribution is -0.00223. The van der Waals surface area contributed by atoms with Crippen LogP contribution in [0.4, 0.5) is 0 Å². The molecule has 0 aliphatic carbocycles. The third kappa shape index (κ3) is 3.40. The molecule has 2 heterocycles. The topological polar surface area (TPSA) is 24.5 Å². The highest BCUT2D eigenvalue weighted by Crippen LogP contribution is 2.20. The van der Waals surface area contributed by atoms with E-state index in [0.29, 0.717) is 6.10 Å². The second-order valence-corrected chi connectivity index (χ2v) is 6.08. The van der Waals surface area contributed by atoms with Crippen molar-refractivity contribution in [3.8, 4) is 0 Å². The van der Waals surface area contributed by atoms with E-state index < -0.39 is 0 Å². The van der Waals surface area contributed by atoms with Crippen molar-refractivity contribution in [2.75, 3.05) is 19.7 Å². The van der Waals surface area contributed by atoms with Crippen molar-refractivity contribution in [3.63, 3.8) is 0 Å². The lowest BCUT2D eigenvalue weighted by Gasteiger charge is -2.32. The average Bonchev–Trinajstić information content (AvgIpc) is 2.93. The zero-order chi connectivity index (χ0) is 13.8. The molecule has 1 atom stereocenters. The fourth-order valence-corrected chi connectivity index (χ4v) is 3.28. The third-order valence-corrected chi connectivity index (χ3v) is 4.33. The van der Waals surface area contributed by atoms with Gasteiger partial charge in [0.15, 0.2) is 0 Å². The van der Waals surface area contributed by atoms with Crippen molar-refractivity contribution in [3.05, 3.63) is 34.9 Å². The van der Waals surface area contributed by atoms with Crippen LogP contribution in [0, 0.1) is 0 Å². The fraction of sp³-hybridized carbons (Fsp3) is 0.647. The van der Waals surface area contributed by atoms with Crippen LogP contribution in [0.15, 0.2) is 18.2 Å². The largest absolute Gasteiger partial charge is 0.377 e. The molecule has 1 N–H and O–H groups in total. The molecule has 2 aliphatic rings. The number of ether oxygens (including phenoxy) is 1. The van der Waals surface area contributed by atoms with Crippen LogP contribution in [0.1, 0.15) is 42.9 Å². The summed E-state index contributed by atoms with van der Waals surface area (Å²) in [7, 11) is 0. The minimum atomic E-state index is 0.444. The third-order valence-electron chi connectivity index (χ3n) is 4.33. The van der Waals surface area contributed by atoms with E-state index in [1.54, 1.807) is 0 Å². The van der Waals surface area contributed by atoms with Crippen LogP contribution in [0.3, 0.4) is 0 Å². The van der Waals surface area contributed by atoms with Crippen LogP contribution in [-0.4, -0.2) is 30.7 Å². The van der Waals surface area contributed by atoms with Crippen LogP contribution in [0.5, 0.6) is 0 Å². The van der Waals surface area contributed by atoms with E-state index in [-0.39, 0.29) is 0 Å². The SMILES string of the molecule is CCCOC1CCCN(Cc2ccc3c(c2)CNC3)C1. The number of hydrogen-bond donors (Lipinski definition) is 1. The highest BCUT2D eigenvalue weighted by atomic mass is 16.5. The predicted octanol–water partition coefficient (Wildman–Crippen LogP) is 2.68. The van der Waals surface area contributed by atoms with Crippen LogP contribution in [-0.2, 0) is 24.4 Å². The molecular formula is C17H26N2O. The highest BCUT2D eigenvalue weighted by molar-refractivity contribution is 5.34. The van der Waals surface area contributed by atoms with E-state index in [1.165, 1.54) is 36.1 Å². The number of nitrogens with zero attached hydrogens (tertiary/aromatic N) is 1. The van der Waals surface area contributed by atoms with E-state index in [9.17, 15) is 0 Å². The summed E-state index contributed by atoms with van der Waals surface area (Å²) in [6, 6.07) is 6.97. The summed E-state index contributed by atoms with van der Waals surface area (Å²) in [5.41, 5.74) is 4.40. The summed E-state index contributed by atoms with van der Waals surface area (Å²) in [5, 5.41) is 3.42. The van der Waals surface area contributed by atoms with Gasteiger partial charge in [0.25, 0.3) is 0 Å². The molecule has 0 bridgehead atoms. The van der Waals surface area contributed by atoms with Gasteiger partial charge in [-0.1, -0.05) is 25.1 Å². The maximum Gasteiger partial charge on any atom is 0.0702 e. The maximum atomic E-state index is 5.92. The summed E-state index contributed by atoms with van der Waals surface area (Å²) in [6.45, 7) is 8.52. The number of piperidine rings is 1. The molecule has 1 saturated heterocycles. The van der Waals surface area contributed by atoms with Gasteiger partial charge in [0.2, 0.25) is 0 Å². The molecule has 3 rings (SSSR count). The van der Waals surface area contributed by atoms with Gasteiger partial charge in [0, 0.05) is 32.8 Å². The van der Waals surface area contributed by atoms with Crippen LogP contribution in [0.2, 0.25) is 0 Å². The number of likely N-dealkylation sites (tertiary alicyclic amines) is 1. The van der Waals surface area contributed by atoms with Crippen molar-refractivity contribution >= 4 is 0 Å². The zero-order valence-electron chi connectivity index (χ0n) is 12.5. The van der Waals surface area contributed by atoms with Gasteiger partial charge in [-0.15, -0.1) is 0 Å². The number of fused-ring (bicyclic) bond motifs is 1. The van der Waals surface area contributed by atoms with E-state index in [4.69, 9.17) is 4.74 Å². The lowest BCUT2D eigenvalue weighted by Crippen LogP contribution is -2.39. The highest BCUT2D eigenvalue weighted by Gasteiger charge is 2.20. The van der Waals surface area contributed by atoms with Gasteiger partial charge in [-0.05, 0) is 42.5 Å². The Labute approximate surface area is 122 Å². The summed E-state index contributed by atoms with van der Waals surface area (Å²) >= 11 is 0. The van der Waals surface area contributed by atoms with Crippen molar-refractivity contribution in [2.24, 2.45) is 0 Å². The molecule has 1 aromatic carbocycles. The van der Waals surface area contributed by atoms with Gasteiger partial charge in [0.05, 0.1) is 6.10 Å². The van der Waals surface area contributed by atoms with Gasteiger partial charge in [-0.25, -0.2) is 0 Å². The molecule has 110 valence electrons. The van der Waals surface area contributed by atoms with Gasteiger partial charge in [0.1, 0.15) is 0 Å². The predicted molar refractivity (Wildman–Crippen MR) is 81.5 cm³/mol. The first-order chi connectivity index (χ1) is 9.85. The summed E-state index contributed by atoms with van der Waals surface area (Å²) in [5.74, 6) is 0. The Balaban J connectivity index is 1.57. The molecule has 1 fully saturated rings. The number of benzene rings is 1. The first kappa shape index (κ1) is 14.1. The lowest BCUT2D eigenvalue weighted by atomic mass is 10.0. The summed E-state index contributed by atoms with van der Waals surface area (Å²) < 4.78 is 5.92. The van der Waals surface area contributed by atoms with E-state index in [0.717, 1.165) is 39.2 Å². The quantitative estimate of drug-likeness (QED) is 0.893. The van der Waals surface area contributed by atoms with Crippen LogP contribution >= 0.6 is 0 Å². The molecule has 2 aliphatic heterocycles. The van der Waals surface area contributed by atoms with Gasteiger partial charge in [-0.2, -0.15) is 0 Å². The molecule has 3 heteroatoms. The average molecular weight is 274 g/mol. The van der Waals surface area contributed by atoms with Gasteiger partial charge < -0.3 is 10.1 Å². The van der Waals surface area contributed by atoms with E-state index >= 15 is 0 Å². The van der Waals surface area contributed by atoms with Gasteiger partial charge in [-0.3, -0.25) is 4.90 Å². The first-order valence-corrected chi connectivity index (χ1v) is 8.00.